The van der Waals surface area contributed by atoms with E-state index in [-0.39, 0.29) is 5.56 Å². The van der Waals surface area contributed by atoms with Crippen LogP contribution in [0.15, 0.2) is 24.3 Å². The molecule has 0 unspecified atom stereocenters. The molecule has 2 atom stereocenters. The summed E-state index contributed by atoms with van der Waals surface area (Å²) >= 11 is 0. The highest BCUT2D eigenvalue weighted by atomic mass is 16.5. The van der Waals surface area contributed by atoms with Crippen molar-refractivity contribution in [2.24, 2.45) is 11.7 Å². The third-order valence-corrected chi connectivity index (χ3v) is 3.01. The number of nitrogens with two attached hydrogens (primary N) is 1. The van der Waals surface area contributed by atoms with Crippen LogP contribution in [0.5, 0.6) is 5.75 Å². The van der Waals surface area contributed by atoms with Gasteiger partial charge in [0.15, 0.2) is 0 Å². The SMILES string of the molecule is [2H]C([2H])([2H])C(O)([C@H](N)c1ccc(OC[C@H](C)CCC)cc1)C([2H])([2H])[2H]. The number of hydrogen-bond donors (Lipinski definition) is 2. The Balaban J connectivity index is 2.97. The van der Waals surface area contributed by atoms with Gasteiger partial charge in [0.05, 0.1) is 18.2 Å². The van der Waals surface area contributed by atoms with E-state index in [0.717, 1.165) is 12.8 Å². The van der Waals surface area contributed by atoms with Crippen LogP contribution in [0, 0.1) is 5.92 Å². The van der Waals surface area contributed by atoms with Crippen LogP contribution in [0.3, 0.4) is 0 Å². The van der Waals surface area contributed by atoms with E-state index in [0.29, 0.717) is 18.3 Å². The fourth-order valence-corrected chi connectivity index (χ4v) is 1.83. The van der Waals surface area contributed by atoms with E-state index in [2.05, 4.69) is 13.8 Å². The van der Waals surface area contributed by atoms with Gasteiger partial charge in [-0.3, -0.25) is 0 Å². The molecule has 0 bridgehead atoms. The summed E-state index contributed by atoms with van der Waals surface area (Å²) in [5, 5.41) is 10.4. The standard InChI is InChI=1S/C16H27NO2/c1-5-6-12(2)11-19-14-9-7-13(8-10-14)15(17)16(3,4)18/h7-10,12,15,18H,5-6,11,17H2,1-4H3/t12-,15-/m1/s1/i3D3,4D3. The largest absolute Gasteiger partial charge is 0.493 e. The fourth-order valence-electron chi connectivity index (χ4n) is 1.83. The summed E-state index contributed by atoms with van der Waals surface area (Å²) < 4.78 is 50.3. The molecule has 19 heavy (non-hydrogen) atoms. The topological polar surface area (TPSA) is 55.5 Å². The first-order valence-corrected chi connectivity index (χ1v) is 6.55. The molecule has 0 heterocycles. The third-order valence-electron chi connectivity index (χ3n) is 3.01. The highest BCUT2D eigenvalue weighted by Gasteiger charge is 2.24. The molecule has 0 amide bonds. The van der Waals surface area contributed by atoms with Gasteiger partial charge in [0, 0.05) is 8.22 Å². The summed E-state index contributed by atoms with van der Waals surface area (Å²) in [5.41, 5.74) is 3.01. The Morgan fingerprint density at radius 3 is 2.53 bits per heavy atom. The average Bonchev–Trinajstić information content (AvgIpc) is 2.50. The van der Waals surface area contributed by atoms with Gasteiger partial charge >= 0.3 is 0 Å². The Bertz CT molecular complexity index is 527. The summed E-state index contributed by atoms with van der Waals surface area (Å²) in [6, 6.07) is 4.54. The van der Waals surface area contributed by atoms with Gasteiger partial charge in [-0.1, -0.05) is 32.4 Å². The zero-order chi connectivity index (χ0) is 19.5. The van der Waals surface area contributed by atoms with Crippen LogP contribution in [-0.4, -0.2) is 17.3 Å². The molecular formula is C16H27NO2. The average molecular weight is 271 g/mol. The molecule has 3 N–H and O–H groups in total. The summed E-state index contributed by atoms with van der Waals surface area (Å²) in [6.45, 7) is -1.59. The number of aliphatic hydroxyl groups is 1. The first-order chi connectivity index (χ1) is 11.3. The Morgan fingerprint density at radius 2 is 2.00 bits per heavy atom. The Kier molecular flexibility index (Phi) is 3.27. The highest BCUT2D eigenvalue weighted by Crippen LogP contribution is 2.24. The molecule has 0 saturated carbocycles. The van der Waals surface area contributed by atoms with E-state index in [4.69, 9.17) is 18.7 Å². The van der Waals surface area contributed by atoms with Gasteiger partial charge in [-0.05, 0) is 43.7 Å². The van der Waals surface area contributed by atoms with Crippen molar-refractivity contribution >= 4 is 0 Å². The van der Waals surface area contributed by atoms with Crippen LogP contribution < -0.4 is 10.5 Å². The van der Waals surface area contributed by atoms with Crippen LogP contribution in [0.25, 0.3) is 0 Å². The first kappa shape index (κ1) is 8.98. The predicted octanol–water partition coefficient (Wildman–Crippen LogP) is 3.27. The highest BCUT2D eigenvalue weighted by molar-refractivity contribution is 5.30. The summed E-state index contributed by atoms with van der Waals surface area (Å²) in [5.74, 6) is 0.980. The van der Waals surface area contributed by atoms with Crippen LogP contribution in [-0.2, 0) is 0 Å². The molecule has 108 valence electrons. The maximum Gasteiger partial charge on any atom is 0.119 e. The normalized spacial score (nSPS) is 21.1. The van der Waals surface area contributed by atoms with Crippen molar-refractivity contribution in [3.8, 4) is 5.75 Å². The second-order valence-electron chi connectivity index (χ2n) is 5.02. The minimum Gasteiger partial charge on any atom is -0.493 e. The predicted molar refractivity (Wildman–Crippen MR) is 79.2 cm³/mol. The molecule has 0 fully saturated rings. The zero-order valence-electron chi connectivity index (χ0n) is 17.5. The van der Waals surface area contributed by atoms with Crippen molar-refractivity contribution in [2.45, 2.75) is 52.0 Å². The second-order valence-corrected chi connectivity index (χ2v) is 5.02. The van der Waals surface area contributed by atoms with Gasteiger partial charge in [-0.25, -0.2) is 0 Å². The lowest BCUT2D eigenvalue weighted by molar-refractivity contribution is 0.0517. The smallest absolute Gasteiger partial charge is 0.119 e. The van der Waals surface area contributed by atoms with E-state index in [1.54, 1.807) is 12.1 Å². The quantitative estimate of drug-likeness (QED) is 0.800. The summed E-state index contributed by atoms with van der Waals surface area (Å²) in [6.07, 6.45) is 2.12. The summed E-state index contributed by atoms with van der Waals surface area (Å²) in [7, 11) is 0. The van der Waals surface area contributed by atoms with E-state index in [9.17, 15) is 5.11 Å². The van der Waals surface area contributed by atoms with Crippen LogP contribution in [0.4, 0.5) is 0 Å². The maximum atomic E-state index is 10.4. The Morgan fingerprint density at radius 1 is 1.37 bits per heavy atom. The van der Waals surface area contributed by atoms with E-state index >= 15 is 0 Å². The van der Waals surface area contributed by atoms with Crippen molar-refractivity contribution < 1.29 is 18.1 Å². The number of rotatable bonds is 7. The van der Waals surface area contributed by atoms with Crippen molar-refractivity contribution in [1.29, 1.82) is 0 Å². The van der Waals surface area contributed by atoms with E-state index < -0.39 is 25.3 Å². The fraction of sp³-hybridized carbons (Fsp3) is 0.625. The number of ether oxygens (including phenoxy) is 1. The molecule has 0 aliphatic carbocycles. The third kappa shape index (κ3) is 5.21. The number of hydrogen-bond acceptors (Lipinski definition) is 3. The van der Waals surface area contributed by atoms with Gasteiger partial charge in [0.2, 0.25) is 0 Å². The molecular weight excluding hydrogens is 238 g/mol. The van der Waals surface area contributed by atoms with Crippen LogP contribution in [0.2, 0.25) is 0 Å². The van der Waals surface area contributed by atoms with Crippen LogP contribution in [0.1, 0.15) is 60.2 Å². The van der Waals surface area contributed by atoms with Crippen LogP contribution >= 0.6 is 0 Å². The maximum absolute atomic E-state index is 10.4. The molecule has 1 aromatic carbocycles. The van der Waals surface area contributed by atoms with Crippen molar-refractivity contribution in [1.82, 2.24) is 0 Å². The molecule has 3 heteroatoms. The Labute approximate surface area is 125 Å². The van der Waals surface area contributed by atoms with Gasteiger partial charge in [0.25, 0.3) is 0 Å². The molecule has 0 radical (unpaired) electrons. The van der Waals surface area contributed by atoms with E-state index in [1.807, 2.05) is 0 Å². The number of benzene rings is 1. The van der Waals surface area contributed by atoms with Crippen molar-refractivity contribution in [2.75, 3.05) is 6.61 Å². The molecule has 0 spiro atoms. The zero-order valence-corrected chi connectivity index (χ0v) is 11.5. The molecule has 3 nitrogen and oxygen atoms in total. The Hall–Kier alpha value is -1.06. The minimum atomic E-state index is -3.16. The van der Waals surface area contributed by atoms with E-state index in [1.165, 1.54) is 12.1 Å². The van der Waals surface area contributed by atoms with Gasteiger partial charge in [-0.15, -0.1) is 0 Å². The molecule has 1 aromatic rings. The van der Waals surface area contributed by atoms with Crippen molar-refractivity contribution in [3.63, 3.8) is 0 Å². The van der Waals surface area contributed by atoms with Gasteiger partial charge < -0.3 is 15.6 Å². The molecule has 0 aliphatic rings. The lowest BCUT2D eigenvalue weighted by atomic mass is 9.93. The molecule has 0 aliphatic heterocycles. The molecule has 0 aromatic heterocycles. The lowest BCUT2D eigenvalue weighted by Crippen LogP contribution is -2.34. The minimum absolute atomic E-state index is 0.212. The molecule has 1 rings (SSSR count). The first-order valence-electron chi connectivity index (χ1n) is 9.55. The van der Waals surface area contributed by atoms with Gasteiger partial charge in [-0.2, -0.15) is 0 Å². The van der Waals surface area contributed by atoms with Crippen molar-refractivity contribution in [3.05, 3.63) is 29.8 Å². The van der Waals surface area contributed by atoms with Gasteiger partial charge in [0.1, 0.15) is 5.75 Å². The monoisotopic (exact) mass is 271 g/mol. The lowest BCUT2D eigenvalue weighted by Gasteiger charge is -2.26. The molecule has 0 saturated heterocycles. The summed E-state index contributed by atoms with van der Waals surface area (Å²) in [4.78, 5) is 0. The second kappa shape index (κ2) is 6.92.